The lowest BCUT2D eigenvalue weighted by molar-refractivity contribution is -0.0498. The van der Waals surface area contributed by atoms with Crippen LogP contribution in [0.3, 0.4) is 0 Å². The first kappa shape index (κ1) is 13.5. The Labute approximate surface area is 113 Å². The third-order valence-electron chi connectivity index (χ3n) is 2.45. The first-order valence-electron chi connectivity index (χ1n) is 5.56. The second kappa shape index (κ2) is 5.84. The molecule has 0 fully saturated rings. The quantitative estimate of drug-likeness (QED) is 0.897. The molecule has 1 heterocycles. The van der Waals surface area contributed by atoms with Crippen molar-refractivity contribution in [3.63, 3.8) is 0 Å². The molecule has 2 aromatic rings. The van der Waals surface area contributed by atoms with Gasteiger partial charge in [0.2, 0.25) is 0 Å². The molecule has 0 amide bonds. The number of ether oxygens (including phenoxy) is 1. The number of benzene rings is 1. The van der Waals surface area contributed by atoms with Gasteiger partial charge >= 0.3 is 6.61 Å². The smallest absolute Gasteiger partial charge is 0.387 e. The van der Waals surface area contributed by atoms with E-state index in [4.69, 9.17) is 11.0 Å². The molecule has 5 nitrogen and oxygen atoms in total. The number of nitrogens with one attached hydrogen (secondary N) is 1. The molecule has 1 aromatic carbocycles. The van der Waals surface area contributed by atoms with Gasteiger partial charge in [-0.1, -0.05) is 0 Å². The third kappa shape index (κ3) is 3.11. The molecule has 102 valence electrons. The fourth-order valence-electron chi connectivity index (χ4n) is 1.53. The molecule has 0 aliphatic rings. The van der Waals surface area contributed by atoms with Gasteiger partial charge < -0.3 is 15.8 Å². The molecular formula is C13H10F2N4O. The van der Waals surface area contributed by atoms with E-state index in [-0.39, 0.29) is 11.4 Å². The van der Waals surface area contributed by atoms with E-state index in [0.717, 1.165) is 0 Å². The van der Waals surface area contributed by atoms with Crippen LogP contribution in [0.15, 0.2) is 36.5 Å². The number of nitrogen functional groups attached to an aromatic ring is 1. The molecule has 3 N–H and O–H groups in total. The van der Waals surface area contributed by atoms with Gasteiger partial charge in [-0.15, -0.1) is 0 Å². The van der Waals surface area contributed by atoms with Gasteiger partial charge in [0.1, 0.15) is 11.8 Å². The maximum atomic E-state index is 12.0. The fourth-order valence-corrected chi connectivity index (χ4v) is 1.53. The molecule has 1 aromatic heterocycles. The summed E-state index contributed by atoms with van der Waals surface area (Å²) in [5, 5.41) is 11.8. The van der Waals surface area contributed by atoms with Crippen LogP contribution < -0.4 is 15.8 Å². The fraction of sp³-hybridized carbons (Fsp3) is 0.0769. The number of pyridine rings is 1. The van der Waals surface area contributed by atoms with Gasteiger partial charge in [-0.2, -0.15) is 14.0 Å². The van der Waals surface area contributed by atoms with Crippen LogP contribution >= 0.6 is 0 Å². The minimum atomic E-state index is -2.86. The number of hydrogen-bond acceptors (Lipinski definition) is 5. The molecule has 0 bridgehead atoms. The molecule has 0 unspecified atom stereocenters. The lowest BCUT2D eigenvalue weighted by Gasteiger charge is -2.10. The van der Waals surface area contributed by atoms with Gasteiger partial charge in [0.15, 0.2) is 5.82 Å². The Bertz CT molecular complexity index is 638. The number of rotatable bonds is 4. The summed E-state index contributed by atoms with van der Waals surface area (Å²) in [6, 6.07) is 9.30. The Morgan fingerprint density at radius 3 is 2.55 bits per heavy atom. The van der Waals surface area contributed by atoms with Gasteiger partial charge in [0.25, 0.3) is 0 Å². The van der Waals surface area contributed by atoms with E-state index in [0.29, 0.717) is 17.1 Å². The number of nitriles is 1. The minimum Gasteiger partial charge on any atom is -0.435 e. The molecule has 0 spiro atoms. The van der Waals surface area contributed by atoms with Gasteiger partial charge in [0.05, 0.1) is 11.3 Å². The lowest BCUT2D eigenvalue weighted by atomic mass is 10.2. The van der Waals surface area contributed by atoms with Crippen molar-refractivity contribution in [3.8, 4) is 11.8 Å². The first-order valence-corrected chi connectivity index (χ1v) is 5.56. The number of anilines is 3. The summed E-state index contributed by atoms with van der Waals surface area (Å²) < 4.78 is 28.3. The van der Waals surface area contributed by atoms with Crippen molar-refractivity contribution in [1.29, 1.82) is 5.26 Å². The molecule has 0 saturated heterocycles. The van der Waals surface area contributed by atoms with E-state index < -0.39 is 6.61 Å². The Morgan fingerprint density at radius 1 is 1.25 bits per heavy atom. The largest absolute Gasteiger partial charge is 0.435 e. The van der Waals surface area contributed by atoms with Crippen LogP contribution in [0.4, 0.5) is 26.0 Å². The molecule has 0 saturated carbocycles. The zero-order valence-corrected chi connectivity index (χ0v) is 10.2. The summed E-state index contributed by atoms with van der Waals surface area (Å²) in [6.07, 6.45) is 1.45. The second-order valence-corrected chi connectivity index (χ2v) is 3.76. The van der Waals surface area contributed by atoms with Gasteiger partial charge in [-0.05, 0) is 30.3 Å². The highest BCUT2D eigenvalue weighted by Gasteiger charge is 2.07. The summed E-state index contributed by atoms with van der Waals surface area (Å²) in [5.74, 6) is 0.379. The summed E-state index contributed by atoms with van der Waals surface area (Å²) in [6.45, 7) is -2.86. The highest BCUT2D eigenvalue weighted by Crippen LogP contribution is 2.25. The monoisotopic (exact) mass is 276 g/mol. The average Bonchev–Trinajstić information content (AvgIpc) is 2.43. The number of aromatic nitrogens is 1. The molecule has 0 aliphatic heterocycles. The Hall–Kier alpha value is -2.88. The summed E-state index contributed by atoms with van der Waals surface area (Å²) in [7, 11) is 0. The van der Waals surface area contributed by atoms with Gasteiger partial charge in [-0.3, -0.25) is 0 Å². The Kier molecular flexibility index (Phi) is 3.96. The molecule has 2 rings (SSSR count). The maximum Gasteiger partial charge on any atom is 0.387 e. The van der Waals surface area contributed by atoms with E-state index in [1.807, 2.05) is 6.07 Å². The average molecular weight is 276 g/mol. The zero-order chi connectivity index (χ0) is 14.5. The van der Waals surface area contributed by atoms with Crippen molar-refractivity contribution in [2.24, 2.45) is 0 Å². The maximum absolute atomic E-state index is 12.0. The molecule has 0 atom stereocenters. The summed E-state index contributed by atoms with van der Waals surface area (Å²) in [5.41, 5.74) is 6.88. The second-order valence-electron chi connectivity index (χ2n) is 3.76. The standard InChI is InChI=1S/C13H10F2N4O/c14-13(15)20-10-3-1-9(2-4-10)19-12-11(17)8(7-16)5-6-18-12/h1-6,13H,17H2,(H,18,19). The van der Waals surface area contributed by atoms with Gasteiger partial charge in [-0.25, -0.2) is 4.98 Å². The normalized spacial score (nSPS) is 10.1. The van der Waals surface area contributed by atoms with Crippen LogP contribution in [0.25, 0.3) is 0 Å². The predicted octanol–water partition coefficient (Wildman–Crippen LogP) is 2.88. The van der Waals surface area contributed by atoms with Crippen molar-refractivity contribution in [1.82, 2.24) is 4.98 Å². The Morgan fingerprint density at radius 2 is 1.95 bits per heavy atom. The van der Waals surface area contributed by atoms with Crippen LogP contribution in [0.2, 0.25) is 0 Å². The van der Waals surface area contributed by atoms with E-state index in [1.54, 1.807) is 0 Å². The van der Waals surface area contributed by atoms with Crippen LogP contribution in [0.5, 0.6) is 5.75 Å². The van der Waals surface area contributed by atoms with E-state index in [1.165, 1.54) is 36.5 Å². The molecule has 20 heavy (non-hydrogen) atoms. The van der Waals surface area contributed by atoms with Crippen LogP contribution in [-0.4, -0.2) is 11.6 Å². The third-order valence-corrected chi connectivity index (χ3v) is 2.45. The number of nitrogens with two attached hydrogens (primary N) is 1. The van der Waals surface area contributed by atoms with Gasteiger partial charge in [0, 0.05) is 11.9 Å². The molecule has 0 aliphatic carbocycles. The van der Waals surface area contributed by atoms with Crippen molar-refractivity contribution < 1.29 is 13.5 Å². The Balaban J connectivity index is 2.17. The highest BCUT2D eigenvalue weighted by molar-refractivity contribution is 5.73. The van der Waals surface area contributed by atoms with Crippen molar-refractivity contribution in [3.05, 3.63) is 42.1 Å². The van der Waals surface area contributed by atoms with E-state index in [2.05, 4.69) is 15.0 Å². The van der Waals surface area contributed by atoms with E-state index in [9.17, 15) is 8.78 Å². The molecular weight excluding hydrogens is 266 g/mol. The SMILES string of the molecule is N#Cc1ccnc(Nc2ccc(OC(F)F)cc2)c1N. The number of hydrogen-bond donors (Lipinski definition) is 2. The van der Waals surface area contributed by atoms with Crippen molar-refractivity contribution in [2.45, 2.75) is 6.61 Å². The molecule has 0 radical (unpaired) electrons. The van der Waals surface area contributed by atoms with E-state index >= 15 is 0 Å². The van der Waals surface area contributed by atoms with Crippen molar-refractivity contribution >= 4 is 17.2 Å². The van der Waals surface area contributed by atoms with Crippen molar-refractivity contribution in [2.75, 3.05) is 11.1 Å². The predicted molar refractivity (Wildman–Crippen MR) is 69.7 cm³/mol. The van der Waals surface area contributed by atoms with Crippen LogP contribution in [0.1, 0.15) is 5.56 Å². The topological polar surface area (TPSA) is 84.0 Å². The summed E-state index contributed by atoms with van der Waals surface area (Å²) in [4.78, 5) is 4.01. The zero-order valence-electron chi connectivity index (χ0n) is 10.2. The number of alkyl halides is 2. The highest BCUT2D eigenvalue weighted by atomic mass is 19.3. The van der Waals surface area contributed by atoms with Crippen LogP contribution in [-0.2, 0) is 0 Å². The lowest BCUT2D eigenvalue weighted by Crippen LogP contribution is -2.03. The number of halogens is 2. The van der Waals surface area contributed by atoms with Crippen LogP contribution in [0, 0.1) is 11.3 Å². The first-order chi connectivity index (χ1) is 9.60. The summed E-state index contributed by atoms with van der Waals surface area (Å²) >= 11 is 0. The minimum absolute atomic E-state index is 0.0530. The number of nitrogens with zero attached hydrogens (tertiary/aromatic N) is 2. The molecule has 7 heteroatoms.